The van der Waals surface area contributed by atoms with Crippen LogP contribution in [0, 0.1) is 10.1 Å². The lowest BCUT2D eigenvalue weighted by atomic mass is 10.2. The molecular weight excluding hydrogens is 449 g/mol. The van der Waals surface area contributed by atoms with Gasteiger partial charge in [0.1, 0.15) is 0 Å². The van der Waals surface area contributed by atoms with Gasteiger partial charge in [-0.25, -0.2) is 4.99 Å². The number of nitro benzene ring substituents is 1. The highest BCUT2D eigenvalue weighted by Gasteiger charge is 2.25. The second-order valence-electron chi connectivity index (χ2n) is 5.90. The summed E-state index contributed by atoms with van der Waals surface area (Å²) in [5, 5.41) is 17.6. The van der Waals surface area contributed by atoms with Gasteiger partial charge in [0, 0.05) is 38.2 Å². The van der Waals surface area contributed by atoms with Crippen molar-refractivity contribution in [2.24, 2.45) is 4.99 Å². The zero-order valence-corrected chi connectivity index (χ0v) is 17.4. The fraction of sp³-hybridized carbons (Fsp3) is 0.529. The number of rotatable bonds is 6. The van der Waals surface area contributed by atoms with Gasteiger partial charge in [-0.3, -0.25) is 14.9 Å². The number of nitrogens with zero attached hydrogens (tertiary/aromatic N) is 3. The highest BCUT2D eigenvalue weighted by Crippen LogP contribution is 2.18. The Morgan fingerprint density at radius 3 is 2.77 bits per heavy atom. The number of para-hydroxylation sites is 1. The van der Waals surface area contributed by atoms with Crippen molar-refractivity contribution < 1.29 is 9.72 Å². The van der Waals surface area contributed by atoms with Crippen LogP contribution < -0.4 is 10.6 Å². The van der Waals surface area contributed by atoms with Crippen LogP contribution in [-0.4, -0.2) is 47.4 Å². The maximum absolute atomic E-state index is 11.8. The molecule has 0 saturated carbocycles. The van der Waals surface area contributed by atoms with Gasteiger partial charge in [-0.2, -0.15) is 0 Å². The van der Waals surface area contributed by atoms with Crippen molar-refractivity contribution in [2.45, 2.75) is 39.3 Å². The van der Waals surface area contributed by atoms with Crippen LogP contribution in [0.4, 0.5) is 5.69 Å². The summed E-state index contributed by atoms with van der Waals surface area (Å²) in [7, 11) is 0. The van der Waals surface area contributed by atoms with Crippen LogP contribution in [0.15, 0.2) is 29.3 Å². The minimum atomic E-state index is -0.392. The summed E-state index contributed by atoms with van der Waals surface area (Å²) < 4.78 is 0. The number of carbonyl (C=O) groups excluding carboxylic acids is 1. The van der Waals surface area contributed by atoms with Gasteiger partial charge in [-0.15, -0.1) is 24.0 Å². The van der Waals surface area contributed by atoms with Crippen LogP contribution in [0.5, 0.6) is 0 Å². The summed E-state index contributed by atoms with van der Waals surface area (Å²) in [5.74, 6) is 0.766. The minimum absolute atomic E-state index is 0. The maximum atomic E-state index is 11.8. The van der Waals surface area contributed by atoms with Crippen molar-refractivity contribution in [1.82, 2.24) is 15.5 Å². The van der Waals surface area contributed by atoms with Crippen LogP contribution in [0.1, 0.15) is 32.3 Å². The Hall–Kier alpha value is -1.91. The van der Waals surface area contributed by atoms with Crippen molar-refractivity contribution in [3.05, 3.63) is 39.9 Å². The number of halogens is 1. The van der Waals surface area contributed by atoms with Crippen molar-refractivity contribution in [2.75, 3.05) is 19.6 Å². The normalized spacial score (nSPS) is 16.8. The number of benzene rings is 1. The van der Waals surface area contributed by atoms with E-state index in [1.54, 1.807) is 18.2 Å². The molecule has 1 aromatic rings. The number of nitro groups is 1. The van der Waals surface area contributed by atoms with Gasteiger partial charge < -0.3 is 15.5 Å². The number of hydrogen-bond donors (Lipinski definition) is 2. The zero-order chi connectivity index (χ0) is 18.2. The van der Waals surface area contributed by atoms with Gasteiger partial charge in [-0.05, 0) is 13.3 Å². The first-order valence-corrected chi connectivity index (χ1v) is 8.60. The van der Waals surface area contributed by atoms with E-state index in [0.717, 1.165) is 13.0 Å². The van der Waals surface area contributed by atoms with Crippen molar-refractivity contribution >= 4 is 41.5 Å². The molecule has 8 nitrogen and oxygen atoms in total. The molecule has 0 aromatic heterocycles. The summed E-state index contributed by atoms with van der Waals surface area (Å²) in [4.78, 5) is 28.8. The molecule has 0 radical (unpaired) electrons. The Bertz CT molecular complexity index is 653. The first kappa shape index (κ1) is 22.1. The molecule has 0 bridgehead atoms. The predicted molar refractivity (Wildman–Crippen MR) is 112 cm³/mol. The quantitative estimate of drug-likeness (QED) is 0.216. The van der Waals surface area contributed by atoms with Gasteiger partial charge in [0.05, 0.1) is 17.0 Å². The monoisotopic (exact) mass is 475 g/mol. The fourth-order valence-corrected chi connectivity index (χ4v) is 2.83. The van der Waals surface area contributed by atoms with E-state index in [-0.39, 0.29) is 48.2 Å². The second kappa shape index (κ2) is 10.9. The molecule has 1 unspecified atom stereocenters. The summed E-state index contributed by atoms with van der Waals surface area (Å²) in [6.07, 6.45) is 1.38. The lowest BCUT2D eigenvalue weighted by Crippen LogP contribution is -2.45. The second-order valence-corrected chi connectivity index (χ2v) is 5.90. The van der Waals surface area contributed by atoms with E-state index >= 15 is 0 Å². The first-order valence-electron chi connectivity index (χ1n) is 8.60. The largest absolute Gasteiger partial charge is 0.357 e. The third-order valence-corrected chi connectivity index (χ3v) is 4.12. The minimum Gasteiger partial charge on any atom is -0.357 e. The predicted octanol–water partition coefficient (Wildman–Crippen LogP) is 2.28. The number of aliphatic imine (C=N–C) groups is 1. The van der Waals surface area contributed by atoms with Gasteiger partial charge in [0.15, 0.2) is 5.96 Å². The van der Waals surface area contributed by atoms with E-state index < -0.39 is 4.92 Å². The molecule has 0 spiro atoms. The van der Waals surface area contributed by atoms with Crippen molar-refractivity contribution in [3.8, 4) is 0 Å². The average Bonchev–Trinajstić information content (AvgIpc) is 3.08. The number of likely N-dealkylation sites (tertiary alicyclic amines) is 1. The summed E-state index contributed by atoms with van der Waals surface area (Å²) in [5.41, 5.74) is 0.640. The molecule has 0 aliphatic carbocycles. The molecule has 1 fully saturated rings. The van der Waals surface area contributed by atoms with Crippen LogP contribution >= 0.6 is 24.0 Å². The smallest absolute Gasteiger partial charge is 0.274 e. The molecular formula is C17H26IN5O3. The van der Waals surface area contributed by atoms with Gasteiger partial charge in [0.25, 0.3) is 5.69 Å². The van der Waals surface area contributed by atoms with E-state index in [2.05, 4.69) is 15.6 Å². The summed E-state index contributed by atoms with van der Waals surface area (Å²) in [6, 6.07) is 6.74. The van der Waals surface area contributed by atoms with Crippen LogP contribution in [-0.2, 0) is 11.3 Å². The molecule has 1 aliphatic rings. The van der Waals surface area contributed by atoms with E-state index in [4.69, 9.17) is 0 Å². The van der Waals surface area contributed by atoms with E-state index in [0.29, 0.717) is 31.0 Å². The van der Waals surface area contributed by atoms with Crippen molar-refractivity contribution in [1.29, 1.82) is 0 Å². The topological polar surface area (TPSA) is 99.9 Å². The summed E-state index contributed by atoms with van der Waals surface area (Å²) in [6.45, 7) is 6.13. The number of nitrogens with one attached hydrogen (secondary N) is 2. The van der Waals surface area contributed by atoms with E-state index in [1.165, 1.54) is 6.07 Å². The third-order valence-electron chi connectivity index (χ3n) is 4.12. The third kappa shape index (κ3) is 6.11. The molecule has 1 aliphatic heterocycles. The average molecular weight is 475 g/mol. The zero-order valence-electron chi connectivity index (χ0n) is 15.1. The molecule has 2 rings (SSSR count). The highest BCUT2D eigenvalue weighted by atomic mass is 127. The number of carbonyl (C=O) groups is 1. The SMILES string of the molecule is CCNC(=NCc1ccccc1[N+](=O)[O-])NC1CCN(C(=O)CC)C1.I. The number of amides is 1. The Morgan fingerprint density at radius 2 is 2.12 bits per heavy atom. The molecule has 1 amide bonds. The molecule has 1 saturated heterocycles. The van der Waals surface area contributed by atoms with Gasteiger partial charge in [-0.1, -0.05) is 25.1 Å². The maximum Gasteiger partial charge on any atom is 0.274 e. The fourth-order valence-electron chi connectivity index (χ4n) is 2.83. The molecule has 26 heavy (non-hydrogen) atoms. The Kier molecular flexibility index (Phi) is 9.31. The molecule has 1 atom stereocenters. The van der Waals surface area contributed by atoms with E-state index in [9.17, 15) is 14.9 Å². The number of guanidine groups is 1. The van der Waals surface area contributed by atoms with Crippen LogP contribution in [0.2, 0.25) is 0 Å². The lowest BCUT2D eigenvalue weighted by molar-refractivity contribution is -0.385. The standard InChI is InChI=1S/C17H25N5O3.HI/c1-3-16(23)21-10-9-14(12-21)20-17(18-4-2)19-11-13-7-5-6-8-15(13)22(24)25;/h5-8,14H,3-4,9-12H2,1-2H3,(H2,18,19,20);1H. The molecule has 2 N–H and O–H groups in total. The van der Waals surface area contributed by atoms with Gasteiger partial charge >= 0.3 is 0 Å². The summed E-state index contributed by atoms with van der Waals surface area (Å²) >= 11 is 0. The molecule has 1 aromatic carbocycles. The van der Waals surface area contributed by atoms with Crippen molar-refractivity contribution in [3.63, 3.8) is 0 Å². The Morgan fingerprint density at radius 1 is 1.38 bits per heavy atom. The first-order chi connectivity index (χ1) is 12.0. The lowest BCUT2D eigenvalue weighted by Gasteiger charge is -2.18. The number of hydrogen-bond acceptors (Lipinski definition) is 4. The Labute approximate surface area is 170 Å². The van der Waals surface area contributed by atoms with Gasteiger partial charge in [0.2, 0.25) is 5.91 Å². The molecule has 9 heteroatoms. The van der Waals surface area contributed by atoms with Crippen LogP contribution in [0.25, 0.3) is 0 Å². The molecule has 1 heterocycles. The highest BCUT2D eigenvalue weighted by molar-refractivity contribution is 14.0. The molecule has 144 valence electrons. The Balaban J connectivity index is 0.00000338. The van der Waals surface area contributed by atoms with E-state index in [1.807, 2.05) is 18.7 Å². The van der Waals surface area contributed by atoms with Crippen LogP contribution in [0.3, 0.4) is 0 Å².